The molecule has 0 aromatic heterocycles. The molecule has 5 rings (SSSR count). The molecule has 3 unspecified atom stereocenters. The minimum atomic E-state index is -1.38. The van der Waals surface area contributed by atoms with Gasteiger partial charge >= 0.3 is 0 Å². The molecule has 0 bridgehead atoms. The first kappa shape index (κ1) is 49.3. The number of likely N-dealkylation sites (tertiary alicyclic amines) is 2. The van der Waals surface area contributed by atoms with Crippen LogP contribution < -0.4 is 16.1 Å². The van der Waals surface area contributed by atoms with Crippen molar-refractivity contribution in [2.24, 2.45) is 25.4 Å². The maximum Gasteiger partial charge on any atom is 0.274 e. The number of ether oxygens (including phenoxy) is 2. The van der Waals surface area contributed by atoms with Crippen LogP contribution in [0.2, 0.25) is 0 Å². The Morgan fingerprint density at radius 3 is 2.11 bits per heavy atom. The number of aryl methyl sites for hydroxylation is 2. The number of anilines is 1. The second-order valence-electron chi connectivity index (χ2n) is 16.5. The first-order valence-corrected chi connectivity index (χ1v) is 22.5. The van der Waals surface area contributed by atoms with E-state index in [0.717, 1.165) is 50.1 Å². The van der Waals surface area contributed by atoms with E-state index < -0.39 is 17.7 Å². The molecule has 2 heterocycles. The van der Waals surface area contributed by atoms with Gasteiger partial charge in [0.1, 0.15) is 6.26 Å². The quantitative estimate of drug-likeness (QED) is 0.0159. The van der Waals surface area contributed by atoms with Crippen LogP contribution in [-0.2, 0) is 30.5 Å². The number of methoxy groups -OCH3 is 1. The van der Waals surface area contributed by atoms with Crippen LogP contribution in [0.15, 0.2) is 98.3 Å². The number of hydrogen-bond donors (Lipinski definition) is 3. The molecule has 2 saturated heterocycles. The fraction of sp³-hybridized carbons (Fsp3) is 0.500. The predicted octanol–water partition coefficient (Wildman–Crippen LogP) is 9.17. The Labute approximate surface area is 378 Å². The number of azo groups is 2. The van der Waals surface area contributed by atoms with E-state index in [2.05, 4.69) is 65.2 Å². The smallest absolute Gasteiger partial charge is 0.274 e. The van der Waals surface area contributed by atoms with Gasteiger partial charge in [-0.1, -0.05) is 25.0 Å². The van der Waals surface area contributed by atoms with E-state index in [9.17, 15) is 14.4 Å². The van der Waals surface area contributed by atoms with Gasteiger partial charge in [0.25, 0.3) is 17.7 Å². The number of piperidine rings is 2. The molecule has 2 aliphatic heterocycles. The van der Waals surface area contributed by atoms with Crippen molar-refractivity contribution in [1.29, 1.82) is 0 Å². The lowest BCUT2D eigenvalue weighted by Gasteiger charge is -2.33. The van der Waals surface area contributed by atoms with E-state index in [4.69, 9.17) is 14.3 Å². The number of hydroxylamine groups is 1. The maximum absolute atomic E-state index is 13.3. The molecule has 64 heavy (non-hydrogen) atoms. The molecule has 3 aromatic rings. The topological polar surface area (TPSA) is 183 Å². The van der Waals surface area contributed by atoms with Crippen LogP contribution in [0.25, 0.3) is 0 Å². The zero-order valence-electron chi connectivity index (χ0n) is 38.3. The van der Waals surface area contributed by atoms with Crippen LogP contribution in [0.3, 0.4) is 0 Å². The normalized spacial score (nSPS) is 18.1. The van der Waals surface area contributed by atoms with Crippen molar-refractivity contribution in [3.8, 4) is 0 Å². The molecular weight excluding hydrogens is 813 g/mol. The molecule has 0 aliphatic carbocycles. The number of rotatable bonds is 23. The minimum absolute atomic E-state index is 0.0783. The lowest BCUT2D eigenvalue weighted by atomic mass is 10.0. The fourth-order valence-corrected chi connectivity index (χ4v) is 7.60. The van der Waals surface area contributed by atoms with Gasteiger partial charge in [-0.25, -0.2) is 10.5 Å². The summed E-state index contributed by atoms with van der Waals surface area (Å²) in [6, 6.07) is 17.5. The van der Waals surface area contributed by atoms with Gasteiger partial charge in [-0.3, -0.25) is 19.2 Å². The highest BCUT2D eigenvalue weighted by atomic mass is 16.6. The summed E-state index contributed by atoms with van der Waals surface area (Å²) in [6.45, 7) is 15.7. The molecule has 0 saturated carbocycles. The van der Waals surface area contributed by atoms with Crippen LogP contribution in [0.5, 0.6) is 0 Å². The van der Waals surface area contributed by atoms with Gasteiger partial charge in [-0.15, -0.1) is 10.2 Å². The molecule has 2 aliphatic rings. The van der Waals surface area contributed by atoms with E-state index in [1.54, 1.807) is 36.4 Å². The Kier molecular flexibility index (Phi) is 20.2. The molecule has 0 radical (unpaired) electrons. The monoisotopic (exact) mass is 879 g/mol. The SMILES string of the molecule is CO/C=C(/N=Nc1ccc(CONCCCN2CCCCC2C)cc1)O/C=N/c1cc(C)c(NC(=O)C(N=Nc2ccc(C(=O)NCCCN3CCCCC3C)cc2)C(C)=O)cc1C. The molecular formula is C48H66N10O6. The maximum atomic E-state index is 13.3. The summed E-state index contributed by atoms with van der Waals surface area (Å²) in [5, 5.41) is 22.4. The van der Waals surface area contributed by atoms with Gasteiger partial charge < -0.3 is 29.9 Å². The average Bonchev–Trinajstić information content (AvgIpc) is 3.28. The third-order valence-electron chi connectivity index (χ3n) is 11.5. The van der Waals surface area contributed by atoms with E-state index >= 15 is 0 Å². The number of nitrogens with one attached hydrogen (secondary N) is 3. The molecule has 3 aromatic carbocycles. The summed E-state index contributed by atoms with van der Waals surface area (Å²) >= 11 is 0. The summed E-state index contributed by atoms with van der Waals surface area (Å²) < 4.78 is 10.8. The van der Waals surface area contributed by atoms with Gasteiger partial charge in [0.05, 0.1) is 30.8 Å². The standard InChI is InChI=1S/C48H66N10O6/c1-34-30-44(52-48(61)46(38(5)59)56-54-42-21-17-40(18-22-42)47(60)49-23-11-27-57-25-9-7-13-36(57)3)35(2)29-43(34)50-33-63-45(32-62-6)55-53-41-19-15-39(16-20-41)31-64-51-24-12-28-58-26-10-8-14-37(58)4/h15-22,29-30,32-33,36-37,46,51H,7-14,23-28,31H2,1-6H3,(H,49,60)(H,52,61)/b45-32-,50-33+,55-53?,56-54?. The number of carbonyl (C=O) groups is 3. The first-order chi connectivity index (χ1) is 31.0. The molecule has 16 nitrogen and oxygen atoms in total. The molecule has 3 atom stereocenters. The van der Waals surface area contributed by atoms with Crippen molar-refractivity contribution in [3.05, 3.63) is 95.1 Å². The summed E-state index contributed by atoms with van der Waals surface area (Å²) in [6.07, 6.45) is 12.1. The third-order valence-corrected chi connectivity index (χ3v) is 11.5. The van der Waals surface area contributed by atoms with Gasteiger partial charge in [0, 0.05) is 43.0 Å². The van der Waals surface area contributed by atoms with Crippen LogP contribution in [0, 0.1) is 13.8 Å². The van der Waals surface area contributed by atoms with Crippen LogP contribution in [-0.4, -0.2) is 98.3 Å². The number of aliphatic imine (C=N–C) groups is 1. The van der Waals surface area contributed by atoms with Crippen LogP contribution in [0.1, 0.15) is 99.2 Å². The van der Waals surface area contributed by atoms with Crippen LogP contribution in [0.4, 0.5) is 22.7 Å². The van der Waals surface area contributed by atoms with Crippen molar-refractivity contribution in [3.63, 3.8) is 0 Å². The van der Waals surface area contributed by atoms with Crippen molar-refractivity contribution in [2.45, 2.75) is 111 Å². The van der Waals surface area contributed by atoms with Gasteiger partial charge in [-0.2, -0.15) is 10.2 Å². The van der Waals surface area contributed by atoms with E-state index in [1.807, 2.05) is 38.1 Å². The largest absolute Gasteiger partial charge is 0.499 e. The Morgan fingerprint density at radius 2 is 1.47 bits per heavy atom. The summed E-state index contributed by atoms with van der Waals surface area (Å²) in [4.78, 5) is 53.7. The Morgan fingerprint density at radius 1 is 0.828 bits per heavy atom. The highest BCUT2D eigenvalue weighted by Crippen LogP contribution is 2.27. The van der Waals surface area contributed by atoms with E-state index in [1.165, 1.54) is 71.8 Å². The number of nitrogens with zero attached hydrogens (tertiary/aromatic N) is 7. The molecule has 3 N–H and O–H groups in total. The average molecular weight is 879 g/mol. The zero-order valence-corrected chi connectivity index (χ0v) is 38.3. The second-order valence-corrected chi connectivity index (χ2v) is 16.5. The van der Waals surface area contributed by atoms with E-state index in [0.29, 0.717) is 59.1 Å². The molecule has 0 spiro atoms. The third kappa shape index (κ3) is 16.1. The summed E-state index contributed by atoms with van der Waals surface area (Å²) in [5.74, 6) is -1.19. The van der Waals surface area contributed by atoms with Gasteiger partial charge in [0.15, 0.2) is 12.2 Å². The second kappa shape index (κ2) is 26.2. The molecule has 2 fully saturated rings. The first-order valence-electron chi connectivity index (χ1n) is 22.5. The Bertz CT molecular complexity index is 2090. The zero-order chi connectivity index (χ0) is 45.7. The van der Waals surface area contributed by atoms with Crippen molar-refractivity contribution in [1.82, 2.24) is 20.6 Å². The molecule has 344 valence electrons. The minimum Gasteiger partial charge on any atom is -0.499 e. The number of benzene rings is 3. The highest BCUT2D eigenvalue weighted by molar-refractivity contribution is 6.10. The number of carbonyl (C=O) groups excluding carboxylic acids is 3. The lowest BCUT2D eigenvalue weighted by molar-refractivity contribution is -0.126. The lowest BCUT2D eigenvalue weighted by Crippen LogP contribution is -2.39. The molecule has 16 heteroatoms. The summed E-state index contributed by atoms with van der Waals surface area (Å²) in [7, 11) is 1.48. The summed E-state index contributed by atoms with van der Waals surface area (Å²) in [5.41, 5.74) is 8.08. The number of hydrogen-bond acceptors (Lipinski definition) is 14. The fourth-order valence-electron chi connectivity index (χ4n) is 7.60. The van der Waals surface area contributed by atoms with Crippen molar-refractivity contribution < 1.29 is 28.7 Å². The number of ketones is 1. The Hall–Kier alpha value is -5.68. The van der Waals surface area contributed by atoms with Crippen molar-refractivity contribution >= 4 is 46.7 Å². The van der Waals surface area contributed by atoms with Crippen molar-refractivity contribution in [2.75, 3.05) is 51.7 Å². The predicted molar refractivity (Wildman–Crippen MR) is 249 cm³/mol. The number of amides is 2. The Balaban J connectivity index is 1.06. The molecule has 2 amide bonds. The highest BCUT2D eigenvalue weighted by Gasteiger charge is 2.24. The van der Waals surface area contributed by atoms with Gasteiger partial charge in [0.2, 0.25) is 6.04 Å². The van der Waals surface area contributed by atoms with E-state index in [-0.39, 0.29) is 11.8 Å². The van der Waals surface area contributed by atoms with Gasteiger partial charge in [-0.05, 0) is 158 Å². The number of Topliss-reactive ketones (excluding diaryl/α,β-unsaturated/α-hetero) is 1. The van der Waals surface area contributed by atoms with Crippen LogP contribution >= 0.6 is 0 Å².